The van der Waals surface area contributed by atoms with E-state index in [1.807, 2.05) is 6.07 Å². The lowest BCUT2D eigenvalue weighted by atomic mass is 10.1. The monoisotopic (exact) mass is 295 g/mol. The van der Waals surface area contributed by atoms with Crippen LogP contribution in [0.15, 0.2) is 24.3 Å². The lowest BCUT2D eigenvalue weighted by Crippen LogP contribution is -2.21. The largest absolute Gasteiger partial charge is 0.383 e. The van der Waals surface area contributed by atoms with Gasteiger partial charge in [0.2, 0.25) is 0 Å². The lowest BCUT2D eigenvalue weighted by Gasteiger charge is -2.00. The summed E-state index contributed by atoms with van der Waals surface area (Å²) >= 11 is 1.58. The van der Waals surface area contributed by atoms with Crippen LogP contribution in [0.25, 0.3) is 0 Å². The molecule has 2 aromatic rings. The van der Waals surface area contributed by atoms with Gasteiger partial charge in [-0.15, -0.1) is 21.5 Å². The Kier molecular flexibility index (Phi) is 6.04. The minimum Gasteiger partial charge on any atom is -0.383 e. The van der Waals surface area contributed by atoms with Gasteiger partial charge < -0.3 is 10.1 Å². The van der Waals surface area contributed by atoms with Gasteiger partial charge in [0.1, 0.15) is 15.8 Å². The summed E-state index contributed by atoms with van der Waals surface area (Å²) in [4.78, 5) is 0. The quantitative estimate of drug-likeness (QED) is 0.757. The van der Waals surface area contributed by atoms with Gasteiger partial charge in [-0.2, -0.15) is 0 Å². The Morgan fingerprint density at radius 3 is 2.90 bits per heavy atom. The van der Waals surface area contributed by atoms with Crippen molar-refractivity contribution in [3.05, 3.63) is 45.7 Å². The second-order valence-corrected chi connectivity index (χ2v) is 5.54. The van der Waals surface area contributed by atoms with Gasteiger partial charge in [0, 0.05) is 33.0 Å². The van der Waals surface area contributed by atoms with Gasteiger partial charge >= 0.3 is 0 Å². The van der Waals surface area contributed by atoms with E-state index in [4.69, 9.17) is 4.74 Å². The summed E-state index contributed by atoms with van der Waals surface area (Å²) in [6.45, 7) is 2.41. The Hall–Kier alpha value is -1.37. The molecule has 4 nitrogen and oxygen atoms in total. The van der Waals surface area contributed by atoms with Crippen molar-refractivity contribution < 1.29 is 9.13 Å². The number of aromatic nitrogens is 2. The van der Waals surface area contributed by atoms with Crippen LogP contribution in [0.2, 0.25) is 0 Å². The standard InChI is InChI=1S/C14H18FN3OS/c1-19-8-7-16-6-5-13-17-18-14(20-13)10-11-3-2-4-12(15)9-11/h2-4,9,16H,5-8,10H2,1H3. The Balaban J connectivity index is 1.80. The Bertz CT molecular complexity index is 533. The summed E-state index contributed by atoms with van der Waals surface area (Å²) in [6.07, 6.45) is 1.48. The molecule has 0 aliphatic carbocycles. The second-order valence-electron chi connectivity index (χ2n) is 4.39. The van der Waals surface area contributed by atoms with Crippen molar-refractivity contribution >= 4 is 11.3 Å². The van der Waals surface area contributed by atoms with Gasteiger partial charge in [-0.3, -0.25) is 0 Å². The Morgan fingerprint density at radius 1 is 1.25 bits per heavy atom. The number of hydrogen-bond acceptors (Lipinski definition) is 5. The first-order valence-corrected chi connectivity index (χ1v) is 7.35. The normalized spacial score (nSPS) is 10.9. The number of hydrogen-bond donors (Lipinski definition) is 1. The van der Waals surface area contributed by atoms with E-state index in [0.29, 0.717) is 13.0 Å². The van der Waals surface area contributed by atoms with Gasteiger partial charge in [0.25, 0.3) is 0 Å². The molecule has 0 bridgehead atoms. The van der Waals surface area contributed by atoms with Crippen molar-refractivity contribution in [1.29, 1.82) is 0 Å². The van der Waals surface area contributed by atoms with Crippen molar-refractivity contribution in [1.82, 2.24) is 15.5 Å². The molecule has 0 saturated carbocycles. The van der Waals surface area contributed by atoms with Crippen LogP contribution in [0.1, 0.15) is 15.6 Å². The summed E-state index contributed by atoms with van der Waals surface area (Å²) < 4.78 is 18.0. The first-order chi connectivity index (χ1) is 9.78. The lowest BCUT2D eigenvalue weighted by molar-refractivity contribution is 0.199. The molecule has 0 spiro atoms. The minimum absolute atomic E-state index is 0.213. The van der Waals surface area contributed by atoms with E-state index in [1.54, 1.807) is 24.5 Å². The molecule has 2 rings (SSSR count). The van der Waals surface area contributed by atoms with Crippen LogP contribution in [0, 0.1) is 5.82 Å². The van der Waals surface area contributed by atoms with E-state index in [-0.39, 0.29) is 5.82 Å². The number of nitrogens with zero attached hydrogens (tertiary/aromatic N) is 2. The minimum atomic E-state index is -0.213. The van der Waals surface area contributed by atoms with Crippen molar-refractivity contribution in [2.75, 3.05) is 26.8 Å². The highest BCUT2D eigenvalue weighted by atomic mass is 32.1. The molecule has 1 aromatic carbocycles. The molecule has 1 heterocycles. The van der Waals surface area contributed by atoms with Gasteiger partial charge in [0.15, 0.2) is 0 Å². The SMILES string of the molecule is COCCNCCc1nnc(Cc2cccc(F)c2)s1. The molecule has 1 N–H and O–H groups in total. The molecule has 1 aromatic heterocycles. The van der Waals surface area contributed by atoms with E-state index in [0.717, 1.165) is 35.1 Å². The van der Waals surface area contributed by atoms with Crippen LogP contribution in [-0.2, 0) is 17.6 Å². The van der Waals surface area contributed by atoms with Crippen LogP contribution in [-0.4, -0.2) is 37.0 Å². The van der Waals surface area contributed by atoms with Gasteiger partial charge in [0.05, 0.1) is 6.61 Å². The van der Waals surface area contributed by atoms with Crippen LogP contribution >= 0.6 is 11.3 Å². The predicted molar refractivity (Wildman–Crippen MR) is 77.6 cm³/mol. The zero-order valence-corrected chi connectivity index (χ0v) is 12.3. The topological polar surface area (TPSA) is 47.0 Å². The third kappa shape index (κ3) is 4.96. The average Bonchev–Trinajstić information content (AvgIpc) is 2.86. The predicted octanol–water partition coefficient (Wildman–Crippen LogP) is 2.05. The van der Waals surface area contributed by atoms with Crippen LogP contribution < -0.4 is 5.32 Å². The molecular weight excluding hydrogens is 277 g/mol. The fourth-order valence-corrected chi connectivity index (χ4v) is 2.66. The molecule has 20 heavy (non-hydrogen) atoms. The van der Waals surface area contributed by atoms with E-state index in [9.17, 15) is 4.39 Å². The third-order valence-corrected chi connectivity index (χ3v) is 3.73. The molecule has 0 radical (unpaired) electrons. The molecule has 0 amide bonds. The average molecular weight is 295 g/mol. The van der Waals surface area contributed by atoms with Gasteiger partial charge in [-0.1, -0.05) is 12.1 Å². The van der Waals surface area contributed by atoms with Crippen molar-refractivity contribution in [3.8, 4) is 0 Å². The molecule has 0 fully saturated rings. The van der Waals surface area contributed by atoms with E-state index < -0.39 is 0 Å². The maximum absolute atomic E-state index is 13.1. The molecule has 0 aliphatic rings. The summed E-state index contributed by atoms with van der Waals surface area (Å²) in [6, 6.07) is 6.59. The molecule has 0 saturated heterocycles. The maximum Gasteiger partial charge on any atom is 0.123 e. The fraction of sp³-hybridized carbons (Fsp3) is 0.429. The molecule has 6 heteroatoms. The van der Waals surface area contributed by atoms with E-state index >= 15 is 0 Å². The number of methoxy groups -OCH3 is 1. The smallest absolute Gasteiger partial charge is 0.123 e. The number of halogens is 1. The summed E-state index contributed by atoms with van der Waals surface area (Å²) in [5.74, 6) is -0.213. The zero-order valence-electron chi connectivity index (χ0n) is 11.4. The van der Waals surface area contributed by atoms with Gasteiger partial charge in [-0.25, -0.2) is 4.39 Å². The van der Waals surface area contributed by atoms with Crippen LogP contribution in [0.5, 0.6) is 0 Å². The van der Waals surface area contributed by atoms with Crippen LogP contribution in [0.4, 0.5) is 4.39 Å². The van der Waals surface area contributed by atoms with Crippen molar-refractivity contribution in [2.24, 2.45) is 0 Å². The second kappa shape index (κ2) is 8.04. The highest BCUT2D eigenvalue weighted by Crippen LogP contribution is 2.15. The summed E-state index contributed by atoms with van der Waals surface area (Å²) in [5, 5.41) is 13.5. The molecule has 0 unspecified atom stereocenters. The Labute approximate surface area is 122 Å². The zero-order chi connectivity index (χ0) is 14.2. The number of rotatable bonds is 8. The first kappa shape index (κ1) is 15.0. The van der Waals surface area contributed by atoms with Crippen molar-refractivity contribution in [2.45, 2.75) is 12.8 Å². The molecule has 0 aliphatic heterocycles. The fourth-order valence-electron chi connectivity index (χ4n) is 1.78. The number of benzene rings is 1. The molecular formula is C14H18FN3OS. The summed E-state index contributed by atoms with van der Waals surface area (Å²) in [7, 11) is 1.69. The first-order valence-electron chi connectivity index (χ1n) is 6.53. The highest BCUT2D eigenvalue weighted by molar-refractivity contribution is 7.11. The number of nitrogens with one attached hydrogen (secondary N) is 1. The van der Waals surface area contributed by atoms with E-state index in [2.05, 4.69) is 15.5 Å². The number of ether oxygens (including phenoxy) is 1. The third-order valence-electron chi connectivity index (χ3n) is 2.75. The Morgan fingerprint density at radius 2 is 2.10 bits per heavy atom. The van der Waals surface area contributed by atoms with E-state index in [1.165, 1.54) is 12.1 Å². The maximum atomic E-state index is 13.1. The molecule has 108 valence electrons. The highest BCUT2D eigenvalue weighted by Gasteiger charge is 2.05. The van der Waals surface area contributed by atoms with Crippen molar-refractivity contribution in [3.63, 3.8) is 0 Å². The van der Waals surface area contributed by atoms with Gasteiger partial charge in [-0.05, 0) is 17.7 Å². The molecule has 0 atom stereocenters. The van der Waals surface area contributed by atoms with Crippen LogP contribution in [0.3, 0.4) is 0 Å². The summed E-state index contributed by atoms with van der Waals surface area (Å²) in [5.41, 5.74) is 0.922.